The van der Waals surface area contributed by atoms with Crippen molar-refractivity contribution in [3.63, 3.8) is 0 Å². The number of benzene rings is 2. The molecule has 0 spiro atoms. The molecule has 1 aliphatic rings. The van der Waals surface area contributed by atoms with Crippen LogP contribution in [0.1, 0.15) is 40.0 Å². The Bertz CT molecular complexity index is 1270. The van der Waals surface area contributed by atoms with Gasteiger partial charge in [-0.25, -0.2) is 25.9 Å². The van der Waals surface area contributed by atoms with Gasteiger partial charge in [-0.05, 0) is 55.3 Å². The number of carbonyl (C=O) groups excluding carboxylic acids is 2. The summed E-state index contributed by atoms with van der Waals surface area (Å²) in [5, 5.41) is 2.60. The summed E-state index contributed by atoms with van der Waals surface area (Å²) in [7, 11) is -4.44. The average Bonchev–Trinajstić information content (AvgIpc) is 2.87. The highest BCUT2D eigenvalue weighted by Crippen LogP contribution is 2.21. The molecule has 35 heavy (non-hydrogen) atoms. The first-order valence-electron chi connectivity index (χ1n) is 11.1. The highest BCUT2D eigenvalue weighted by atomic mass is 32.2. The summed E-state index contributed by atoms with van der Waals surface area (Å²) in [6, 6.07) is 11.2. The molecule has 12 heteroatoms. The van der Waals surface area contributed by atoms with E-state index in [-0.39, 0.29) is 34.1 Å². The fourth-order valence-electron chi connectivity index (χ4n) is 3.52. The number of amides is 1. The molecule has 190 valence electrons. The number of sulfonamides is 2. The molecule has 0 radical (unpaired) electrons. The molecular formula is C23H29N3O7S2. The molecule has 10 nitrogen and oxygen atoms in total. The summed E-state index contributed by atoms with van der Waals surface area (Å²) in [6.07, 6.45) is 2.64. The zero-order valence-electron chi connectivity index (χ0n) is 19.6. The van der Waals surface area contributed by atoms with E-state index in [1.54, 1.807) is 0 Å². The lowest BCUT2D eigenvalue weighted by molar-refractivity contribution is 0.0503. The van der Waals surface area contributed by atoms with Crippen LogP contribution < -0.4 is 5.32 Å². The molecule has 3 rings (SSSR count). The Kier molecular flexibility index (Phi) is 8.65. The molecule has 0 aliphatic carbocycles. The van der Waals surface area contributed by atoms with Gasteiger partial charge in [-0.2, -0.15) is 4.31 Å². The minimum absolute atomic E-state index is 0.0147. The monoisotopic (exact) mass is 523 g/mol. The van der Waals surface area contributed by atoms with E-state index >= 15 is 0 Å². The van der Waals surface area contributed by atoms with E-state index in [0.29, 0.717) is 13.1 Å². The van der Waals surface area contributed by atoms with Crippen LogP contribution in [-0.2, 0) is 24.8 Å². The smallest absolute Gasteiger partial charge is 0.338 e. The van der Waals surface area contributed by atoms with Crippen molar-refractivity contribution in [1.82, 2.24) is 13.9 Å². The number of carbonyl (C=O) groups is 2. The summed E-state index contributed by atoms with van der Waals surface area (Å²) in [4.78, 5) is 24.8. The molecule has 1 N–H and O–H groups in total. The van der Waals surface area contributed by atoms with Crippen molar-refractivity contribution >= 4 is 31.9 Å². The number of hydrogen-bond acceptors (Lipinski definition) is 7. The van der Waals surface area contributed by atoms with E-state index < -0.39 is 31.9 Å². The molecule has 1 fully saturated rings. The third-order valence-corrected chi connectivity index (χ3v) is 9.26. The van der Waals surface area contributed by atoms with Gasteiger partial charge in [-0.15, -0.1) is 0 Å². The molecule has 0 saturated carbocycles. The van der Waals surface area contributed by atoms with Gasteiger partial charge in [-0.1, -0.05) is 12.5 Å². The molecule has 0 atom stereocenters. The Morgan fingerprint density at radius 3 is 2.20 bits per heavy atom. The first-order valence-corrected chi connectivity index (χ1v) is 14.0. The Labute approximate surface area is 206 Å². The van der Waals surface area contributed by atoms with Crippen LogP contribution in [0.3, 0.4) is 0 Å². The van der Waals surface area contributed by atoms with Crippen molar-refractivity contribution in [2.24, 2.45) is 0 Å². The van der Waals surface area contributed by atoms with Crippen molar-refractivity contribution < 1.29 is 31.2 Å². The van der Waals surface area contributed by atoms with E-state index in [4.69, 9.17) is 4.74 Å². The van der Waals surface area contributed by atoms with E-state index in [9.17, 15) is 26.4 Å². The number of esters is 1. The van der Waals surface area contributed by atoms with Crippen LogP contribution in [-0.4, -0.2) is 77.7 Å². The largest absolute Gasteiger partial charge is 0.460 e. The molecule has 1 aliphatic heterocycles. The predicted molar refractivity (Wildman–Crippen MR) is 129 cm³/mol. The van der Waals surface area contributed by atoms with Crippen LogP contribution in [0, 0.1) is 0 Å². The second-order valence-electron chi connectivity index (χ2n) is 8.20. The van der Waals surface area contributed by atoms with Crippen LogP contribution >= 0.6 is 0 Å². The maximum atomic E-state index is 12.8. The van der Waals surface area contributed by atoms with Gasteiger partial charge in [0, 0.05) is 32.7 Å². The number of ether oxygens (including phenoxy) is 1. The third kappa shape index (κ3) is 6.45. The fourth-order valence-corrected chi connectivity index (χ4v) is 5.98. The Balaban J connectivity index is 1.53. The molecule has 1 heterocycles. The Morgan fingerprint density at radius 2 is 1.57 bits per heavy atom. The minimum Gasteiger partial charge on any atom is -0.460 e. The quantitative estimate of drug-likeness (QED) is 0.391. The van der Waals surface area contributed by atoms with E-state index in [1.165, 1.54) is 66.9 Å². The van der Waals surface area contributed by atoms with Gasteiger partial charge in [0.2, 0.25) is 20.0 Å². The van der Waals surface area contributed by atoms with Gasteiger partial charge in [0.15, 0.2) is 0 Å². The van der Waals surface area contributed by atoms with Crippen LogP contribution in [0.15, 0.2) is 58.3 Å². The zero-order chi connectivity index (χ0) is 25.6. The van der Waals surface area contributed by atoms with Gasteiger partial charge in [-0.3, -0.25) is 4.79 Å². The van der Waals surface area contributed by atoms with Crippen molar-refractivity contribution in [2.75, 3.05) is 40.3 Å². The topological polar surface area (TPSA) is 130 Å². The van der Waals surface area contributed by atoms with Gasteiger partial charge >= 0.3 is 5.97 Å². The minimum atomic E-state index is -3.66. The lowest BCUT2D eigenvalue weighted by Gasteiger charge is -2.26. The normalized spacial score (nSPS) is 15.1. The molecule has 2 aromatic rings. The van der Waals surface area contributed by atoms with Crippen LogP contribution in [0.2, 0.25) is 0 Å². The van der Waals surface area contributed by atoms with Crippen molar-refractivity contribution in [3.05, 3.63) is 59.7 Å². The summed E-state index contributed by atoms with van der Waals surface area (Å²) in [6.45, 7) is 0.839. The SMILES string of the molecule is CN(C)S(=O)(=O)c1ccc(C(=O)OCCNC(=O)c2cccc(S(=O)(=O)N3CCCCC3)c2)cc1. The van der Waals surface area contributed by atoms with Crippen LogP contribution in [0.4, 0.5) is 0 Å². The fraction of sp³-hybridized carbons (Fsp3) is 0.391. The summed E-state index contributed by atoms with van der Waals surface area (Å²) in [5.74, 6) is -1.15. The molecule has 1 amide bonds. The zero-order valence-corrected chi connectivity index (χ0v) is 21.3. The highest BCUT2D eigenvalue weighted by Gasteiger charge is 2.26. The molecule has 1 saturated heterocycles. The molecule has 0 aromatic heterocycles. The van der Waals surface area contributed by atoms with Crippen LogP contribution in [0.25, 0.3) is 0 Å². The average molecular weight is 524 g/mol. The van der Waals surface area contributed by atoms with Gasteiger partial charge in [0.25, 0.3) is 5.91 Å². The summed E-state index contributed by atoms with van der Waals surface area (Å²) >= 11 is 0. The van der Waals surface area contributed by atoms with Crippen molar-refractivity contribution in [1.29, 1.82) is 0 Å². The van der Waals surface area contributed by atoms with Gasteiger partial charge < -0.3 is 10.1 Å². The van der Waals surface area contributed by atoms with Crippen molar-refractivity contribution in [3.8, 4) is 0 Å². The second kappa shape index (κ2) is 11.3. The second-order valence-corrected chi connectivity index (χ2v) is 12.3. The number of hydrogen-bond donors (Lipinski definition) is 1. The molecular weight excluding hydrogens is 494 g/mol. The number of nitrogens with zero attached hydrogens (tertiary/aromatic N) is 2. The first kappa shape index (κ1) is 26.8. The number of rotatable bonds is 9. The third-order valence-electron chi connectivity index (χ3n) is 5.54. The first-order chi connectivity index (χ1) is 16.5. The maximum absolute atomic E-state index is 12.8. The molecule has 2 aromatic carbocycles. The van der Waals surface area contributed by atoms with Gasteiger partial charge in [0.1, 0.15) is 6.61 Å². The molecule has 0 unspecified atom stereocenters. The lowest BCUT2D eigenvalue weighted by Crippen LogP contribution is -2.35. The number of piperidine rings is 1. The van der Waals surface area contributed by atoms with E-state index in [2.05, 4.69) is 5.32 Å². The highest BCUT2D eigenvalue weighted by molar-refractivity contribution is 7.89. The summed E-state index contributed by atoms with van der Waals surface area (Å²) < 4.78 is 57.5. The maximum Gasteiger partial charge on any atom is 0.338 e. The Morgan fingerprint density at radius 1 is 0.914 bits per heavy atom. The van der Waals surface area contributed by atoms with E-state index in [1.807, 2.05) is 0 Å². The predicted octanol–water partition coefficient (Wildman–Crippen LogP) is 1.70. The van der Waals surface area contributed by atoms with Crippen molar-refractivity contribution in [2.45, 2.75) is 29.1 Å². The molecule has 0 bridgehead atoms. The standard InChI is InChI=1S/C23H29N3O7S2/c1-25(2)34(29,30)20-11-9-18(10-12-20)23(28)33-16-13-24-22(27)19-7-6-8-21(17-19)35(31,32)26-14-4-3-5-15-26/h6-12,17H,3-5,13-16H2,1-2H3,(H,24,27). The van der Waals surface area contributed by atoms with E-state index in [0.717, 1.165) is 23.6 Å². The number of nitrogens with one attached hydrogen (secondary N) is 1. The Hall–Kier alpha value is -2.80. The van der Waals surface area contributed by atoms with Crippen LogP contribution in [0.5, 0.6) is 0 Å². The lowest BCUT2D eigenvalue weighted by atomic mass is 10.2. The van der Waals surface area contributed by atoms with Gasteiger partial charge in [0.05, 0.1) is 21.9 Å². The summed E-state index contributed by atoms with van der Waals surface area (Å²) in [5.41, 5.74) is 0.358.